The zero-order valence-corrected chi connectivity index (χ0v) is 28.9. The number of carbonyl (C=O) groups is 4. The van der Waals surface area contributed by atoms with Gasteiger partial charge in [0.15, 0.2) is 0 Å². The van der Waals surface area contributed by atoms with E-state index in [1.807, 2.05) is 30.3 Å². The Balaban J connectivity index is 2.05. The van der Waals surface area contributed by atoms with Gasteiger partial charge >= 0.3 is 0 Å². The van der Waals surface area contributed by atoms with Crippen molar-refractivity contribution in [2.75, 3.05) is 59.3 Å². The summed E-state index contributed by atoms with van der Waals surface area (Å²) in [7, 11) is 0. The van der Waals surface area contributed by atoms with Crippen molar-refractivity contribution in [1.82, 2.24) is 21.3 Å². The molecule has 0 spiro atoms. The van der Waals surface area contributed by atoms with Crippen LogP contribution in [0.15, 0.2) is 30.3 Å². The Kier molecular flexibility index (Phi) is 22.2. The second-order valence-corrected chi connectivity index (χ2v) is 12.6. The number of amides is 4. The quantitative estimate of drug-likeness (QED) is 0.0811. The molecule has 1 fully saturated rings. The number of aliphatic hydroxyl groups excluding tert-OH is 2. The Hall–Kier alpha value is -3.06. The first-order chi connectivity index (χ1) is 23.4. The molecule has 1 saturated carbocycles. The fourth-order valence-electron chi connectivity index (χ4n) is 6.02. The molecule has 272 valence electrons. The van der Waals surface area contributed by atoms with Gasteiger partial charge in [-0.2, -0.15) is 0 Å². The minimum Gasteiger partial charge on any atom is -0.394 e. The van der Waals surface area contributed by atoms with Gasteiger partial charge in [0, 0.05) is 43.8 Å². The number of hydrogen-bond acceptors (Lipinski definition) is 8. The molecule has 0 bridgehead atoms. The molecular weight excluding hydrogens is 616 g/mol. The second kappa shape index (κ2) is 25.9. The molecule has 6 N–H and O–H groups in total. The van der Waals surface area contributed by atoms with Crippen LogP contribution in [0.2, 0.25) is 0 Å². The predicted molar refractivity (Wildman–Crippen MR) is 184 cm³/mol. The molecule has 0 aliphatic heterocycles. The number of carbonyl (C=O) groups excluding carboxylic acids is 4. The summed E-state index contributed by atoms with van der Waals surface area (Å²) in [5.74, 6) is -2.97. The SMILES string of the molecule is CCCCCCCCCCNC(=O)[C@H](Cc1ccccc1)NC(=O)C1C[C@@H](C(=O)NCCOCCO)C[C@@H](C(=O)NCCOCCO)C1. The lowest BCUT2D eigenvalue weighted by atomic mass is 9.74. The van der Waals surface area contributed by atoms with Crippen LogP contribution in [-0.2, 0) is 35.1 Å². The van der Waals surface area contributed by atoms with Crippen LogP contribution >= 0.6 is 0 Å². The summed E-state index contributed by atoms with van der Waals surface area (Å²) in [5.41, 5.74) is 0.912. The van der Waals surface area contributed by atoms with Crippen molar-refractivity contribution in [3.05, 3.63) is 35.9 Å². The van der Waals surface area contributed by atoms with Gasteiger partial charge in [0.25, 0.3) is 0 Å². The molecule has 1 aromatic rings. The highest BCUT2D eigenvalue weighted by Crippen LogP contribution is 2.34. The number of ether oxygens (including phenoxy) is 2. The summed E-state index contributed by atoms with van der Waals surface area (Å²) >= 11 is 0. The summed E-state index contributed by atoms with van der Waals surface area (Å²) in [5, 5.41) is 29.4. The van der Waals surface area contributed by atoms with Crippen LogP contribution in [0, 0.1) is 17.8 Å². The first-order valence-electron chi connectivity index (χ1n) is 17.9. The standard InChI is InChI=1S/C36H60N4O8/c1-2-3-4-5-6-7-8-12-15-37-36(46)32(24-28-13-10-9-11-14-28)40-35(45)31-26-29(33(43)38-16-20-47-22-18-41)25-30(27-31)34(44)39-17-21-48-23-19-42/h9-11,13-14,29-32,41-42H,2-8,12,15-27H2,1H3,(H,37,46)(H,38,43)(H,39,44)(H,40,45)/t29-,30+,31?,32-/m0/s1. The molecule has 1 aromatic carbocycles. The zero-order chi connectivity index (χ0) is 34.8. The monoisotopic (exact) mass is 676 g/mol. The van der Waals surface area contributed by atoms with Crippen molar-refractivity contribution in [1.29, 1.82) is 0 Å². The molecule has 1 aliphatic rings. The van der Waals surface area contributed by atoms with E-state index in [0.717, 1.165) is 24.8 Å². The molecule has 0 aromatic heterocycles. The summed E-state index contributed by atoms with van der Waals surface area (Å²) in [6, 6.07) is 8.72. The minimum absolute atomic E-state index is 0.113. The van der Waals surface area contributed by atoms with Gasteiger partial charge in [-0.1, -0.05) is 82.2 Å². The van der Waals surface area contributed by atoms with Gasteiger partial charge in [0.1, 0.15) is 6.04 Å². The molecule has 0 heterocycles. The van der Waals surface area contributed by atoms with Crippen molar-refractivity contribution in [3.63, 3.8) is 0 Å². The van der Waals surface area contributed by atoms with E-state index in [1.54, 1.807) is 0 Å². The number of aliphatic hydroxyl groups is 2. The molecule has 12 heteroatoms. The third kappa shape index (κ3) is 17.4. The van der Waals surface area contributed by atoms with Crippen LogP contribution in [0.5, 0.6) is 0 Å². The van der Waals surface area contributed by atoms with E-state index in [4.69, 9.17) is 19.7 Å². The maximum Gasteiger partial charge on any atom is 0.242 e. The van der Waals surface area contributed by atoms with Crippen LogP contribution in [-0.4, -0.2) is 99.2 Å². The van der Waals surface area contributed by atoms with Crippen molar-refractivity contribution >= 4 is 23.6 Å². The Bertz CT molecular complexity index is 1010. The predicted octanol–water partition coefficient (Wildman–Crippen LogP) is 2.25. The highest BCUT2D eigenvalue weighted by Gasteiger charge is 2.39. The van der Waals surface area contributed by atoms with Gasteiger partial charge in [0.2, 0.25) is 23.6 Å². The van der Waals surface area contributed by atoms with Crippen LogP contribution in [0.25, 0.3) is 0 Å². The molecule has 2 rings (SSSR count). The first kappa shape index (κ1) is 41.1. The van der Waals surface area contributed by atoms with E-state index >= 15 is 0 Å². The van der Waals surface area contributed by atoms with Crippen molar-refractivity contribution in [2.45, 2.75) is 90.0 Å². The molecule has 1 unspecified atom stereocenters. The number of benzene rings is 1. The third-order valence-electron chi connectivity index (χ3n) is 8.63. The summed E-state index contributed by atoms with van der Waals surface area (Å²) in [4.78, 5) is 53.5. The molecule has 1 aliphatic carbocycles. The smallest absolute Gasteiger partial charge is 0.242 e. The van der Waals surface area contributed by atoms with E-state index in [-0.39, 0.29) is 95.6 Å². The maximum atomic E-state index is 13.8. The first-order valence-corrected chi connectivity index (χ1v) is 17.9. The van der Waals surface area contributed by atoms with E-state index in [2.05, 4.69) is 28.2 Å². The highest BCUT2D eigenvalue weighted by atomic mass is 16.5. The second-order valence-electron chi connectivity index (χ2n) is 12.6. The number of unbranched alkanes of at least 4 members (excludes halogenated alkanes) is 7. The Morgan fingerprint density at radius 1 is 0.667 bits per heavy atom. The third-order valence-corrected chi connectivity index (χ3v) is 8.63. The lowest BCUT2D eigenvalue weighted by Crippen LogP contribution is -2.52. The van der Waals surface area contributed by atoms with Gasteiger partial charge in [-0.25, -0.2) is 0 Å². The normalized spacial score (nSPS) is 18.1. The Labute approximate surface area is 286 Å². The van der Waals surface area contributed by atoms with E-state index < -0.39 is 23.8 Å². The lowest BCUT2D eigenvalue weighted by molar-refractivity contribution is -0.137. The Morgan fingerprint density at radius 2 is 1.17 bits per heavy atom. The van der Waals surface area contributed by atoms with Crippen molar-refractivity contribution < 1.29 is 38.9 Å². The van der Waals surface area contributed by atoms with Gasteiger partial charge in [-0.15, -0.1) is 0 Å². The van der Waals surface area contributed by atoms with E-state index in [0.29, 0.717) is 13.0 Å². The zero-order valence-electron chi connectivity index (χ0n) is 28.9. The molecule has 0 saturated heterocycles. The molecule has 0 radical (unpaired) electrons. The van der Waals surface area contributed by atoms with E-state index in [1.165, 1.54) is 32.1 Å². The minimum atomic E-state index is -0.803. The maximum absolute atomic E-state index is 13.8. The van der Waals surface area contributed by atoms with Crippen LogP contribution in [0.4, 0.5) is 0 Å². The van der Waals surface area contributed by atoms with Crippen LogP contribution < -0.4 is 21.3 Å². The number of rotatable bonds is 26. The van der Waals surface area contributed by atoms with E-state index in [9.17, 15) is 19.2 Å². The van der Waals surface area contributed by atoms with Gasteiger partial charge < -0.3 is 41.0 Å². The summed E-state index contributed by atoms with van der Waals surface area (Å²) in [6.45, 7) is 3.80. The lowest BCUT2D eigenvalue weighted by Gasteiger charge is -2.33. The molecular formula is C36H60N4O8. The highest BCUT2D eigenvalue weighted by molar-refractivity contribution is 5.90. The van der Waals surface area contributed by atoms with Crippen LogP contribution in [0.3, 0.4) is 0 Å². The fraction of sp³-hybridized carbons (Fsp3) is 0.722. The average Bonchev–Trinajstić information content (AvgIpc) is 3.10. The van der Waals surface area contributed by atoms with Gasteiger partial charge in [0.05, 0.1) is 39.6 Å². The topological polar surface area (TPSA) is 175 Å². The summed E-state index contributed by atoms with van der Waals surface area (Å²) < 4.78 is 10.5. The average molecular weight is 677 g/mol. The number of nitrogens with one attached hydrogen (secondary N) is 4. The van der Waals surface area contributed by atoms with Crippen molar-refractivity contribution in [3.8, 4) is 0 Å². The number of hydrogen-bond donors (Lipinski definition) is 6. The molecule has 4 atom stereocenters. The Morgan fingerprint density at radius 3 is 1.69 bits per heavy atom. The van der Waals surface area contributed by atoms with Gasteiger partial charge in [-0.05, 0) is 31.2 Å². The van der Waals surface area contributed by atoms with Crippen LogP contribution in [0.1, 0.15) is 83.1 Å². The molecule has 4 amide bonds. The largest absolute Gasteiger partial charge is 0.394 e. The van der Waals surface area contributed by atoms with Crippen molar-refractivity contribution in [2.24, 2.45) is 17.8 Å². The summed E-state index contributed by atoms with van der Waals surface area (Å²) in [6.07, 6.45) is 10.4. The van der Waals surface area contributed by atoms with Gasteiger partial charge in [-0.3, -0.25) is 19.2 Å². The molecule has 48 heavy (non-hydrogen) atoms. The fourth-order valence-corrected chi connectivity index (χ4v) is 6.02. The molecule has 12 nitrogen and oxygen atoms in total.